The van der Waals surface area contributed by atoms with Crippen LogP contribution in [0.3, 0.4) is 0 Å². The molecule has 0 unspecified atom stereocenters. The molecule has 22 heavy (non-hydrogen) atoms. The minimum atomic E-state index is 0.198. The van der Waals surface area contributed by atoms with Gasteiger partial charge in [-0.05, 0) is 18.8 Å². The lowest BCUT2D eigenvalue weighted by Gasteiger charge is -2.34. The second-order valence-electron chi connectivity index (χ2n) is 6.58. The maximum Gasteiger partial charge on any atom is 0.137 e. The lowest BCUT2D eigenvalue weighted by molar-refractivity contribution is -0.0577. The molecule has 2 heterocycles. The molecule has 0 radical (unpaired) electrons. The fourth-order valence-electron chi connectivity index (χ4n) is 3.49. The van der Waals surface area contributed by atoms with E-state index in [1.54, 1.807) is 12.7 Å². The number of hydrogen-bond acceptors (Lipinski definition) is 5. The summed E-state index contributed by atoms with van der Waals surface area (Å²) < 4.78 is 13.8. The predicted octanol–water partition coefficient (Wildman–Crippen LogP) is 1.57. The first-order chi connectivity index (χ1) is 10.8. The largest absolute Gasteiger partial charge is 0.377 e. The molecule has 1 aromatic rings. The Labute approximate surface area is 132 Å². The molecule has 1 aliphatic carbocycles. The number of morpholine rings is 1. The molecule has 1 aliphatic heterocycles. The maximum absolute atomic E-state index is 6.13. The van der Waals surface area contributed by atoms with E-state index in [1.807, 2.05) is 4.68 Å². The van der Waals surface area contributed by atoms with Gasteiger partial charge in [-0.2, -0.15) is 5.10 Å². The third-order valence-corrected chi connectivity index (χ3v) is 4.85. The van der Waals surface area contributed by atoms with E-state index in [1.165, 1.54) is 25.7 Å². The van der Waals surface area contributed by atoms with Crippen molar-refractivity contribution in [2.75, 3.05) is 32.8 Å². The van der Waals surface area contributed by atoms with E-state index in [2.05, 4.69) is 21.9 Å². The predicted molar refractivity (Wildman–Crippen MR) is 83.6 cm³/mol. The number of nitrogens with zero attached hydrogens (tertiary/aromatic N) is 4. The summed E-state index contributed by atoms with van der Waals surface area (Å²) >= 11 is 0. The van der Waals surface area contributed by atoms with Gasteiger partial charge in [0, 0.05) is 19.6 Å². The molecule has 2 aliphatic rings. The SMILES string of the molecule is C[C@@H]1CCCC[C@H]1OCCN1CCO[C@@H](Cn2cncn2)C1. The van der Waals surface area contributed by atoms with Gasteiger partial charge in [0.15, 0.2) is 0 Å². The summed E-state index contributed by atoms with van der Waals surface area (Å²) in [6.07, 6.45) is 9.24. The summed E-state index contributed by atoms with van der Waals surface area (Å²) in [5.41, 5.74) is 0. The summed E-state index contributed by atoms with van der Waals surface area (Å²) in [7, 11) is 0. The quantitative estimate of drug-likeness (QED) is 0.798. The van der Waals surface area contributed by atoms with Crippen molar-refractivity contribution in [1.82, 2.24) is 19.7 Å². The highest BCUT2D eigenvalue weighted by molar-refractivity contribution is 4.75. The molecule has 0 N–H and O–H groups in total. The Bertz CT molecular complexity index is 426. The Morgan fingerprint density at radius 3 is 3.05 bits per heavy atom. The van der Waals surface area contributed by atoms with Crippen LogP contribution in [0.5, 0.6) is 0 Å². The van der Waals surface area contributed by atoms with Crippen LogP contribution in [0.1, 0.15) is 32.6 Å². The van der Waals surface area contributed by atoms with E-state index in [9.17, 15) is 0 Å². The minimum absolute atomic E-state index is 0.198. The van der Waals surface area contributed by atoms with Crippen LogP contribution in [0.15, 0.2) is 12.7 Å². The number of rotatable bonds is 6. The van der Waals surface area contributed by atoms with Crippen molar-refractivity contribution in [2.45, 2.75) is 51.4 Å². The van der Waals surface area contributed by atoms with E-state index in [4.69, 9.17) is 9.47 Å². The van der Waals surface area contributed by atoms with Crippen molar-refractivity contribution in [2.24, 2.45) is 5.92 Å². The van der Waals surface area contributed by atoms with Gasteiger partial charge in [0.25, 0.3) is 0 Å². The third-order valence-electron chi connectivity index (χ3n) is 4.85. The van der Waals surface area contributed by atoms with Gasteiger partial charge in [-0.25, -0.2) is 4.98 Å². The Hall–Kier alpha value is -0.980. The Kier molecular flexibility index (Phi) is 5.81. The van der Waals surface area contributed by atoms with Crippen molar-refractivity contribution in [1.29, 1.82) is 0 Å². The molecule has 6 heteroatoms. The highest BCUT2D eigenvalue weighted by atomic mass is 16.5. The van der Waals surface area contributed by atoms with Crippen LogP contribution in [-0.4, -0.2) is 64.7 Å². The molecule has 2 fully saturated rings. The zero-order valence-corrected chi connectivity index (χ0v) is 13.6. The van der Waals surface area contributed by atoms with Crippen LogP contribution in [0.4, 0.5) is 0 Å². The van der Waals surface area contributed by atoms with Crippen LogP contribution < -0.4 is 0 Å². The van der Waals surface area contributed by atoms with Crippen molar-refractivity contribution in [3.05, 3.63) is 12.7 Å². The van der Waals surface area contributed by atoms with Gasteiger partial charge < -0.3 is 9.47 Å². The molecule has 6 nitrogen and oxygen atoms in total. The van der Waals surface area contributed by atoms with E-state index in [0.29, 0.717) is 6.10 Å². The van der Waals surface area contributed by atoms with Gasteiger partial charge in [0.1, 0.15) is 12.7 Å². The van der Waals surface area contributed by atoms with E-state index in [0.717, 1.165) is 45.3 Å². The van der Waals surface area contributed by atoms with Gasteiger partial charge in [-0.1, -0.05) is 19.8 Å². The molecule has 0 aromatic carbocycles. The van der Waals surface area contributed by atoms with Crippen LogP contribution in [0.2, 0.25) is 0 Å². The van der Waals surface area contributed by atoms with Crippen molar-refractivity contribution in [3.63, 3.8) is 0 Å². The normalized spacial score (nSPS) is 30.5. The Morgan fingerprint density at radius 1 is 1.32 bits per heavy atom. The van der Waals surface area contributed by atoms with Crippen LogP contribution in [-0.2, 0) is 16.0 Å². The van der Waals surface area contributed by atoms with Gasteiger partial charge in [0.05, 0.1) is 32.0 Å². The highest BCUT2D eigenvalue weighted by Gasteiger charge is 2.23. The van der Waals surface area contributed by atoms with Gasteiger partial charge in [-0.3, -0.25) is 9.58 Å². The number of hydrogen-bond donors (Lipinski definition) is 0. The molecule has 124 valence electrons. The molecule has 0 bridgehead atoms. The second-order valence-corrected chi connectivity index (χ2v) is 6.58. The summed E-state index contributed by atoms with van der Waals surface area (Å²) in [5.74, 6) is 0.721. The summed E-state index contributed by atoms with van der Waals surface area (Å²) in [5, 5.41) is 4.15. The zero-order valence-electron chi connectivity index (χ0n) is 13.6. The van der Waals surface area contributed by atoms with Gasteiger partial charge in [-0.15, -0.1) is 0 Å². The molecule has 3 atom stereocenters. The van der Waals surface area contributed by atoms with Crippen LogP contribution >= 0.6 is 0 Å². The van der Waals surface area contributed by atoms with Crippen molar-refractivity contribution in [3.8, 4) is 0 Å². The molecule has 1 aromatic heterocycles. The first kappa shape index (κ1) is 15.9. The first-order valence-corrected chi connectivity index (χ1v) is 8.59. The maximum atomic E-state index is 6.13. The van der Waals surface area contributed by atoms with Gasteiger partial charge >= 0.3 is 0 Å². The Balaban J connectivity index is 1.37. The molecule has 1 saturated heterocycles. The van der Waals surface area contributed by atoms with E-state index < -0.39 is 0 Å². The van der Waals surface area contributed by atoms with Crippen LogP contribution in [0.25, 0.3) is 0 Å². The number of aromatic nitrogens is 3. The molecule has 0 amide bonds. The molecule has 1 saturated carbocycles. The average Bonchev–Trinajstić information content (AvgIpc) is 3.03. The lowest BCUT2D eigenvalue weighted by atomic mass is 9.88. The van der Waals surface area contributed by atoms with Crippen LogP contribution in [0, 0.1) is 5.92 Å². The highest BCUT2D eigenvalue weighted by Crippen LogP contribution is 2.26. The fourth-order valence-corrected chi connectivity index (χ4v) is 3.49. The molecule has 0 spiro atoms. The van der Waals surface area contributed by atoms with Crippen molar-refractivity contribution < 1.29 is 9.47 Å². The monoisotopic (exact) mass is 308 g/mol. The standard InChI is InChI=1S/C16H28N4O2/c1-14-4-2-3-5-16(14)22-9-7-19-6-8-21-15(10-19)11-20-13-17-12-18-20/h12-16H,2-11H2,1H3/t14-,15-,16-/m1/s1. The summed E-state index contributed by atoms with van der Waals surface area (Å²) in [4.78, 5) is 6.42. The van der Waals surface area contributed by atoms with E-state index in [-0.39, 0.29) is 6.10 Å². The topological polar surface area (TPSA) is 52.4 Å². The van der Waals surface area contributed by atoms with Gasteiger partial charge in [0.2, 0.25) is 0 Å². The minimum Gasteiger partial charge on any atom is -0.377 e. The van der Waals surface area contributed by atoms with E-state index >= 15 is 0 Å². The molecule has 3 rings (SSSR count). The fraction of sp³-hybridized carbons (Fsp3) is 0.875. The number of ether oxygens (including phenoxy) is 2. The third kappa shape index (κ3) is 4.51. The summed E-state index contributed by atoms with van der Waals surface area (Å²) in [6, 6.07) is 0. The first-order valence-electron chi connectivity index (χ1n) is 8.59. The average molecular weight is 308 g/mol. The molecular weight excluding hydrogens is 280 g/mol. The zero-order chi connectivity index (χ0) is 15.2. The lowest BCUT2D eigenvalue weighted by Crippen LogP contribution is -2.45. The second kappa shape index (κ2) is 8.04. The molecular formula is C16H28N4O2. The summed E-state index contributed by atoms with van der Waals surface area (Å²) in [6.45, 7) is 7.68. The van der Waals surface area contributed by atoms with Crippen molar-refractivity contribution >= 4 is 0 Å². The smallest absolute Gasteiger partial charge is 0.137 e. The Morgan fingerprint density at radius 2 is 2.23 bits per heavy atom.